The van der Waals surface area contributed by atoms with Crippen LogP contribution in [-0.4, -0.2) is 182 Å². The van der Waals surface area contributed by atoms with E-state index in [1.165, 1.54) is 66.4 Å². The molecule has 6 N–H and O–H groups in total. The Bertz CT molecular complexity index is 1450. The van der Waals surface area contributed by atoms with Crippen molar-refractivity contribution in [1.29, 1.82) is 0 Å². The summed E-state index contributed by atoms with van der Waals surface area (Å²) in [6.45, 7) is 2.04. The van der Waals surface area contributed by atoms with Crippen molar-refractivity contribution in [2.45, 2.75) is 30.8 Å². The summed E-state index contributed by atoms with van der Waals surface area (Å²) in [6, 6.07) is -1.24. The van der Waals surface area contributed by atoms with Crippen LogP contribution in [0.2, 0.25) is 0 Å². The lowest BCUT2D eigenvalue weighted by Crippen LogP contribution is -2.57. The number of aliphatic hydroxyl groups is 2. The lowest BCUT2D eigenvalue weighted by Gasteiger charge is -2.35. The van der Waals surface area contributed by atoms with Crippen molar-refractivity contribution in [2.24, 2.45) is 0 Å². The normalized spacial score (nSPS) is 20.0. The third kappa shape index (κ3) is 11.4. The maximum absolute atomic E-state index is 13.2. The molecule has 0 bridgehead atoms. The fourth-order valence-electron chi connectivity index (χ4n) is 5.61. The van der Waals surface area contributed by atoms with Gasteiger partial charge in [-0.3, -0.25) is 33.7 Å². The molecular formula is C33H49N7O12. The largest absolute Gasteiger partial charge is 0.503 e. The first kappa shape index (κ1) is 41.8. The molecule has 2 aliphatic heterocycles. The van der Waals surface area contributed by atoms with Gasteiger partial charge in [0, 0.05) is 105 Å². The molecule has 0 aromatic carbocycles. The van der Waals surface area contributed by atoms with Crippen LogP contribution in [0.25, 0.3) is 0 Å². The zero-order valence-corrected chi connectivity index (χ0v) is 29.6. The van der Waals surface area contributed by atoms with Crippen molar-refractivity contribution in [3.05, 3.63) is 52.7 Å². The van der Waals surface area contributed by atoms with E-state index in [0.29, 0.717) is 0 Å². The standard InChI is InChI=1S/C33H49N7O12/c1-50-19-16-38-10-4-22(41)28(44)25(38)31(47)34-7-13-37(14-8-35-32(48)26-29(45)23(42)5-11-39(26)17-20-51-2)15-9-36-33(49)27-30(46)24(43)6-12-40(27)18-21-52-3/h4-6,10-12,25-26,28-29,44-46H,7-9,13-21H2,1-3H3,(H,34,47)(H,35,48)(H,36,49). The monoisotopic (exact) mass is 735 g/mol. The number of nitrogens with zero attached hydrogens (tertiary/aromatic N) is 4. The van der Waals surface area contributed by atoms with Crippen LogP contribution in [0.5, 0.6) is 5.75 Å². The van der Waals surface area contributed by atoms with Crippen molar-refractivity contribution in [3.63, 3.8) is 0 Å². The number of ether oxygens (including phenoxy) is 3. The van der Waals surface area contributed by atoms with Crippen LogP contribution < -0.4 is 21.4 Å². The second kappa shape index (κ2) is 21.0. The summed E-state index contributed by atoms with van der Waals surface area (Å²) in [7, 11) is 4.44. The molecule has 0 fully saturated rings. The molecule has 3 heterocycles. The summed E-state index contributed by atoms with van der Waals surface area (Å²) in [5.74, 6) is -3.85. The van der Waals surface area contributed by atoms with Crippen LogP contribution in [0.1, 0.15) is 10.5 Å². The molecule has 0 saturated carbocycles. The SMILES string of the molecule is COCCN1C=CC(=O)C(O)C1C(=O)NCCN(CCNC(=O)c1c(O)c(=O)ccn1CCOC)CCNC(=O)C1C(O)C(=O)C=CN1CCOC. The second-order valence-electron chi connectivity index (χ2n) is 11.9. The zero-order chi connectivity index (χ0) is 38.2. The number of carbonyl (C=O) groups excluding carboxylic acids is 5. The average molecular weight is 736 g/mol. The minimum Gasteiger partial charge on any atom is -0.503 e. The van der Waals surface area contributed by atoms with Gasteiger partial charge in [-0.2, -0.15) is 0 Å². The van der Waals surface area contributed by atoms with Crippen molar-refractivity contribution in [3.8, 4) is 5.75 Å². The molecule has 4 atom stereocenters. The molecule has 1 aromatic rings. The van der Waals surface area contributed by atoms with E-state index in [-0.39, 0.29) is 84.4 Å². The molecule has 0 radical (unpaired) electrons. The van der Waals surface area contributed by atoms with Gasteiger partial charge in [-0.15, -0.1) is 0 Å². The number of aromatic hydroxyl groups is 1. The molecule has 0 aliphatic carbocycles. The van der Waals surface area contributed by atoms with Gasteiger partial charge in [-0.1, -0.05) is 0 Å². The summed E-state index contributed by atoms with van der Waals surface area (Å²) in [4.78, 5) is 80.7. The van der Waals surface area contributed by atoms with E-state index >= 15 is 0 Å². The summed E-state index contributed by atoms with van der Waals surface area (Å²) >= 11 is 0. The summed E-state index contributed by atoms with van der Waals surface area (Å²) in [5.41, 5.74) is -0.968. The molecule has 4 unspecified atom stereocenters. The number of aromatic nitrogens is 1. The van der Waals surface area contributed by atoms with Crippen LogP contribution in [0.15, 0.2) is 41.6 Å². The Morgan fingerprint density at radius 1 is 0.731 bits per heavy atom. The van der Waals surface area contributed by atoms with E-state index < -0.39 is 64.8 Å². The molecule has 52 heavy (non-hydrogen) atoms. The van der Waals surface area contributed by atoms with Crippen molar-refractivity contribution in [2.75, 3.05) is 93.5 Å². The lowest BCUT2D eigenvalue weighted by molar-refractivity contribution is -0.138. The van der Waals surface area contributed by atoms with Gasteiger partial charge in [0.15, 0.2) is 23.0 Å². The second-order valence-corrected chi connectivity index (χ2v) is 11.9. The highest BCUT2D eigenvalue weighted by Crippen LogP contribution is 2.15. The number of hydrogen-bond donors (Lipinski definition) is 6. The predicted octanol–water partition coefficient (Wildman–Crippen LogP) is -3.99. The van der Waals surface area contributed by atoms with Crippen molar-refractivity contribution < 1.29 is 53.5 Å². The molecule has 3 amide bonds. The van der Waals surface area contributed by atoms with Crippen LogP contribution in [0, 0.1) is 0 Å². The quantitative estimate of drug-likeness (QED) is 0.0706. The van der Waals surface area contributed by atoms with E-state index in [1.807, 2.05) is 0 Å². The van der Waals surface area contributed by atoms with Crippen LogP contribution in [-0.2, 0) is 39.9 Å². The van der Waals surface area contributed by atoms with E-state index in [2.05, 4.69) is 16.0 Å². The first-order valence-corrected chi connectivity index (χ1v) is 16.7. The number of methoxy groups -OCH3 is 3. The minimum absolute atomic E-state index is 0.0182. The zero-order valence-electron chi connectivity index (χ0n) is 29.6. The number of pyridine rings is 1. The molecular weight excluding hydrogens is 686 g/mol. The van der Waals surface area contributed by atoms with Gasteiger partial charge < -0.3 is 59.8 Å². The summed E-state index contributed by atoms with van der Waals surface area (Å²) in [5, 5.41) is 39.5. The van der Waals surface area contributed by atoms with Gasteiger partial charge in [0.25, 0.3) is 5.91 Å². The smallest absolute Gasteiger partial charge is 0.271 e. The van der Waals surface area contributed by atoms with Gasteiger partial charge in [-0.25, -0.2) is 0 Å². The Kier molecular flexibility index (Phi) is 16.9. The number of aliphatic hydroxyl groups excluding tert-OH is 2. The highest BCUT2D eigenvalue weighted by atomic mass is 16.5. The highest BCUT2D eigenvalue weighted by molar-refractivity contribution is 6.00. The Morgan fingerprint density at radius 3 is 1.63 bits per heavy atom. The molecule has 1 aromatic heterocycles. The number of carbonyl (C=O) groups is 5. The maximum Gasteiger partial charge on any atom is 0.271 e. The van der Waals surface area contributed by atoms with Crippen molar-refractivity contribution in [1.82, 2.24) is 35.2 Å². The Morgan fingerprint density at radius 2 is 1.17 bits per heavy atom. The molecule has 19 heteroatoms. The first-order chi connectivity index (χ1) is 24.9. The third-order valence-corrected chi connectivity index (χ3v) is 8.47. The molecule has 3 rings (SSSR count). The molecule has 0 spiro atoms. The Balaban J connectivity index is 1.68. The van der Waals surface area contributed by atoms with E-state index in [1.54, 1.807) is 4.90 Å². The molecule has 19 nitrogen and oxygen atoms in total. The van der Waals surface area contributed by atoms with Crippen LogP contribution in [0.4, 0.5) is 0 Å². The molecule has 2 aliphatic rings. The highest BCUT2D eigenvalue weighted by Gasteiger charge is 2.38. The number of hydrogen-bond acceptors (Lipinski definition) is 15. The average Bonchev–Trinajstić information content (AvgIpc) is 3.12. The minimum atomic E-state index is -1.58. The van der Waals surface area contributed by atoms with Gasteiger partial charge in [-0.05, 0) is 12.2 Å². The topological polar surface area (TPSA) is 242 Å². The number of rotatable bonds is 21. The Labute approximate surface area is 300 Å². The van der Waals surface area contributed by atoms with Crippen molar-refractivity contribution >= 4 is 29.3 Å². The van der Waals surface area contributed by atoms with Crippen LogP contribution in [0.3, 0.4) is 0 Å². The maximum atomic E-state index is 13.2. The molecule has 0 saturated heterocycles. The van der Waals surface area contributed by atoms with Gasteiger partial charge in [0.05, 0.1) is 19.8 Å². The number of amides is 3. The van der Waals surface area contributed by atoms with Gasteiger partial charge >= 0.3 is 0 Å². The lowest BCUT2D eigenvalue weighted by atomic mass is 10.0. The first-order valence-electron chi connectivity index (χ1n) is 16.7. The molecule has 288 valence electrons. The van der Waals surface area contributed by atoms with Crippen LogP contribution >= 0.6 is 0 Å². The summed E-state index contributed by atoms with van der Waals surface area (Å²) < 4.78 is 16.6. The van der Waals surface area contributed by atoms with E-state index in [4.69, 9.17) is 14.2 Å². The number of ketones is 2. The van der Waals surface area contributed by atoms with Gasteiger partial charge in [0.1, 0.15) is 24.3 Å². The van der Waals surface area contributed by atoms with Gasteiger partial charge in [0.2, 0.25) is 17.2 Å². The Hall–Kier alpha value is -4.66. The fraction of sp³-hybridized carbons (Fsp3) is 0.576. The van der Waals surface area contributed by atoms with E-state index in [9.17, 15) is 44.1 Å². The summed E-state index contributed by atoms with van der Waals surface area (Å²) in [6.07, 6.45) is 3.45. The third-order valence-electron chi connectivity index (χ3n) is 8.47. The predicted molar refractivity (Wildman–Crippen MR) is 184 cm³/mol. The fourth-order valence-corrected chi connectivity index (χ4v) is 5.61. The van der Waals surface area contributed by atoms with E-state index in [0.717, 1.165) is 6.07 Å². The number of nitrogens with one attached hydrogen (secondary N) is 3.